The van der Waals surface area contributed by atoms with Crippen molar-refractivity contribution in [2.24, 2.45) is 7.05 Å². The van der Waals surface area contributed by atoms with Crippen LogP contribution in [-0.2, 0) is 13.7 Å². The first-order valence-electron chi connectivity index (χ1n) is 9.46. The molecule has 1 fully saturated rings. The van der Waals surface area contributed by atoms with E-state index in [0.717, 1.165) is 30.8 Å². The summed E-state index contributed by atoms with van der Waals surface area (Å²) in [7, 11) is 1.94. The minimum absolute atomic E-state index is 0.0542. The molecule has 7 nitrogen and oxygen atoms in total. The first kappa shape index (κ1) is 18.2. The molecular weight excluding hydrogens is 354 g/mol. The Labute approximate surface area is 164 Å². The lowest BCUT2D eigenvalue weighted by Gasteiger charge is -2.32. The molecule has 1 amide bonds. The maximum Gasteiger partial charge on any atom is 0.272 e. The zero-order valence-electron chi connectivity index (χ0n) is 15.9. The van der Waals surface area contributed by atoms with Gasteiger partial charge in [0.2, 0.25) is 0 Å². The van der Waals surface area contributed by atoms with Crippen LogP contribution in [0.5, 0.6) is 5.75 Å². The molecular formula is C21H23N5O2. The second-order valence-corrected chi connectivity index (χ2v) is 7.04. The molecule has 1 aliphatic rings. The Bertz CT molecular complexity index is 923. The van der Waals surface area contributed by atoms with E-state index in [4.69, 9.17) is 4.74 Å². The average molecular weight is 377 g/mol. The summed E-state index contributed by atoms with van der Waals surface area (Å²) < 4.78 is 7.67. The van der Waals surface area contributed by atoms with Crippen LogP contribution < -0.4 is 4.74 Å². The van der Waals surface area contributed by atoms with E-state index in [1.165, 1.54) is 0 Å². The van der Waals surface area contributed by atoms with Gasteiger partial charge in [0, 0.05) is 26.1 Å². The second kappa shape index (κ2) is 8.21. The van der Waals surface area contributed by atoms with Crippen molar-refractivity contribution in [3.8, 4) is 5.75 Å². The summed E-state index contributed by atoms with van der Waals surface area (Å²) >= 11 is 0. The van der Waals surface area contributed by atoms with Crippen molar-refractivity contribution in [1.82, 2.24) is 24.6 Å². The maximum atomic E-state index is 12.9. The topological polar surface area (TPSA) is 73.1 Å². The molecule has 0 radical (unpaired) electrons. The summed E-state index contributed by atoms with van der Waals surface area (Å²) in [5.41, 5.74) is 1.52. The van der Waals surface area contributed by atoms with Gasteiger partial charge in [0.05, 0.1) is 6.20 Å². The lowest BCUT2D eigenvalue weighted by Crippen LogP contribution is -2.40. The van der Waals surface area contributed by atoms with E-state index < -0.39 is 0 Å². The zero-order chi connectivity index (χ0) is 19.3. The van der Waals surface area contributed by atoms with E-state index in [1.54, 1.807) is 24.7 Å². The van der Waals surface area contributed by atoms with Crippen LogP contribution in [0.15, 0.2) is 55.0 Å². The molecule has 0 N–H and O–H groups in total. The van der Waals surface area contributed by atoms with Crippen LogP contribution >= 0.6 is 0 Å². The third-order valence-electron chi connectivity index (χ3n) is 5.02. The molecule has 4 rings (SSSR count). The van der Waals surface area contributed by atoms with Crippen LogP contribution in [0.4, 0.5) is 0 Å². The number of hydrogen-bond donors (Lipinski definition) is 0. The van der Waals surface area contributed by atoms with Gasteiger partial charge in [-0.15, -0.1) is 10.2 Å². The molecule has 0 spiro atoms. The molecule has 0 saturated carbocycles. The monoisotopic (exact) mass is 377 g/mol. The quantitative estimate of drug-likeness (QED) is 0.684. The van der Waals surface area contributed by atoms with Crippen LogP contribution in [-0.4, -0.2) is 43.6 Å². The van der Waals surface area contributed by atoms with Crippen LogP contribution in [0.25, 0.3) is 0 Å². The van der Waals surface area contributed by atoms with Gasteiger partial charge in [0.25, 0.3) is 5.91 Å². The van der Waals surface area contributed by atoms with Gasteiger partial charge in [-0.1, -0.05) is 30.3 Å². The van der Waals surface area contributed by atoms with E-state index in [9.17, 15) is 4.79 Å². The third kappa shape index (κ3) is 4.03. The molecule has 1 unspecified atom stereocenters. The summed E-state index contributed by atoms with van der Waals surface area (Å²) in [5, 5.41) is 8.16. The van der Waals surface area contributed by atoms with Crippen LogP contribution in [0.2, 0.25) is 0 Å². The van der Waals surface area contributed by atoms with Gasteiger partial charge in [0.15, 0.2) is 0 Å². The molecule has 0 aliphatic carbocycles. The lowest BCUT2D eigenvalue weighted by molar-refractivity contribution is 0.0697. The van der Waals surface area contributed by atoms with Gasteiger partial charge < -0.3 is 14.2 Å². The number of amides is 1. The van der Waals surface area contributed by atoms with E-state index >= 15 is 0 Å². The van der Waals surface area contributed by atoms with Crippen molar-refractivity contribution in [2.45, 2.75) is 25.4 Å². The molecule has 3 heterocycles. The molecule has 1 aliphatic heterocycles. The number of rotatable bonds is 5. The van der Waals surface area contributed by atoms with E-state index in [1.807, 2.05) is 46.8 Å². The van der Waals surface area contributed by atoms with Gasteiger partial charge in [-0.05, 0) is 30.5 Å². The number of benzene rings is 1. The highest BCUT2D eigenvalue weighted by Gasteiger charge is 2.28. The van der Waals surface area contributed by atoms with Gasteiger partial charge in [0.1, 0.15) is 30.2 Å². The Hall–Kier alpha value is -3.22. The standard InChI is InChI=1S/C21H23N5O2/c1-25-15-23-24-20(25)17-8-5-11-26(13-17)21(27)19-10-9-18(12-22-19)28-14-16-6-3-2-4-7-16/h2-4,6-7,9-10,12,15,17H,5,8,11,13-14H2,1H3. The summed E-state index contributed by atoms with van der Waals surface area (Å²) in [6.07, 6.45) is 5.27. The summed E-state index contributed by atoms with van der Waals surface area (Å²) in [5.74, 6) is 1.73. The summed E-state index contributed by atoms with van der Waals surface area (Å²) in [6, 6.07) is 13.5. The summed E-state index contributed by atoms with van der Waals surface area (Å²) in [4.78, 5) is 19.0. The Morgan fingerprint density at radius 3 is 2.79 bits per heavy atom. The number of carbonyl (C=O) groups is 1. The van der Waals surface area contributed by atoms with Crippen molar-refractivity contribution in [1.29, 1.82) is 0 Å². The molecule has 0 bridgehead atoms. The Balaban J connectivity index is 1.38. The van der Waals surface area contributed by atoms with Crippen molar-refractivity contribution in [3.05, 3.63) is 72.1 Å². The molecule has 1 saturated heterocycles. The number of pyridine rings is 1. The van der Waals surface area contributed by atoms with Gasteiger partial charge in [-0.3, -0.25) is 4.79 Å². The smallest absolute Gasteiger partial charge is 0.272 e. The van der Waals surface area contributed by atoms with Crippen LogP contribution in [0.3, 0.4) is 0 Å². The first-order valence-corrected chi connectivity index (χ1v) is 9.46. The minimum atomic E-state index is -0.0542. The molecule has 1 atom stereocenters. The molecule has 3 aromatic rings. The fourth-order valence-electron chi connectivity index (χ4n) is 3.53. The van der Waals surface area contributed by atoms with Crippen molar-refractivity contribution in [3.63, 3.8) is 0 Å². The lowest BCUT2D eigenvalue weighted by atomic mass is 9.97. The number of piperidine rings is 1. The highest BCUT2D eigenvalue weighted by Crippen LogP contribution is 2.26. The SMILES string of the molecule is Cn1cnnc1C1CCCN(C(=O)c2ccc(OCc3ccccc3)cn2)C1. The highest BCUT2D eigenvalue weighted by molar-refractivity contribution is 5.92. The number of ether oxygens (including phenoxy) is 1. The van der Waals surface area contributed by atoms with Gasteiger partial charge in [-0.2, -0.15) is 0 Å². The highest BCUT2D eigenvalue weighted by atomic mass is 16.5. The second-order valence-electron chi connectivity index (χ2n) is 7.04. The van der Waals surface area contributed by atoms with E-state index in [-0.39, 0.29) is 11.8 Å². The van der Waals surface area contributed by atoms with Gasteiger partial charge >= 0.3 is 0 Å². The zero-order valence-corrected chi connectivity index (χ0v) is 15.9. The number of nitrogens with zero attached hydrogens (tertiary/aromatic N) is 5. The van der Waals surface area contributed by atoms with Crippen molar-refractivity contribution in [2.75, 3.05) is 13.1 Å². The van der Waals surface area contributed by atoms with Gasteiger partial charge in [-0.25, -0.2) is 4.98 Å². The largest absolute Gasteiger partial charge is 0.487 e. The Morgan fingerprint density at radius 2 is 2.07 bits per heavy atom. The maximum absolute atomic E-state index is 12.9. The van der Waals surface area contributed by atoms with Crippen molar-refractivity contribution >= 4 is 5.91 Å². The molecule has 1 aromatic carbocycles. The summed E-state index contributed by atoms with van der Waals surface area (Å²) in [6.45, 7) is 1.85. The third-order valence-corrected chi connectivity index (χ3v) is 5.02. The van der Waals surface area contributed by atoms with Crippen LogP contribution in [0, 0.1) is 0 Å². The number of aryl methyl sites for hydroxylation is 1. The Kier molecular flexibility index (Phi) is 5.32. The normalized spacial score (nSPS) is 16.8. The fourth-order valence-corrected chi connectivity index (χ4v) is 3.53. The molecule has 28 heavy (non-hydrogen) atoms. The Morgan fingerprint density at radius 1 is 1.21 bits per heavy atom. The number of aromatic nitrogens is 4. The predicted molar refractivity (Wildman–Crippen MR) is 104 cm³/mol. The van der Waals surface area contributed by atoms with Crippen LogP contribution in [0.1, 0.15) is 40.6 Å². The number of hydrogen-bond acceptors (Lipinski definition) is 5. The van der Waals surface area contributed by atoms with Crippen molar-refractivity contribution < 1.29 is 9.53 Å². The number of likely N-dealkylation sites (tertiary alicyclic amines) is 1. The molecule has 7 heteroatoms. The minimum Gasteiger partial charge on any atom is -0.487 e. The molecule has 144 valence electrons. The number of carbonyl (C=O) groups excluding carboxylic acids is 1. The predicted octanol–water partition coefficient (Wildman–Crippen LogP) is 2.81. The average Bonchev–Trinajstić information content (AvgIpc) is 3.19. The van der Waals surface area contributed by atoms with E-state index in [0.29, 0.717) is 24.6 Å². The van der Waals surface area contributed by atoms with E-state index in [2.05, 4.69) is 15.2 Å². The first-order chi connectivity index (χ1) is 13.7. The molecule has 2 aromatic heterocycles. The fraction of sp³-hybridized carbons (Fsp3) is 0.333.